The Bertz CT molecular complexity index is 188. The fourth-order valence-corrected chi connectivity index (χ4v) is 2.82. The van der Waals surface area contributed by atoms with Crippen LogP contribution in [0.5, 0.6) is 0 Å². The highest BCUT2D eigenvalue weighted by molar-refractivity contribution is 5.77. The van der Waals surface area contributed by atoms with E-state index in [0.29, 0.717) is 0 Å². The summed E-state index contributed by atoms with van der Waals surface area (Å²) >= 11 is 0. The van der Waals surface area contributed by atoms with Crippen molar-refractivity contribution in [2.24, 2.45) is 5.92 Å². The minimum atomic E-state index is 0.733. The summed E-state index contributed by atoms with van der Waals surface area (Å²) in [5.74, 6) is 1.70. The summed E-state index contributed by atoms with van der Waals surface area (Å²) in [7, 11) is 0. The number of nitrogens with zero attached hydrogens (tertiary/aromatic N) is 1. The second-order valence-electron chi connectivity index (χ2n) is 4.18. The molecule has 1 saturated carbocycles. The molecule has 2 fully saturated rings. The van der Waals surface area contributed by atoms with Gasteiger partial charge in [-0.2, -0.15) is 0 Å². The number of hydrogen-bond donors (Lipinski definition) is 1. The molecule has 0 bridgehead atoms. The fourth-order valence-electron chi connectivity index (χ4n) is 2.82. The van der Waals surface area contributed by atoms with Crippen LogP contribution in [0.3, 0.4) is 0 Å². The third kappa shape index (κ3) is 1.23. The molecule has 2 rings (SSSR count). The molecular weight excluding hydrogens is 148 g/mol. The smallest absolute Gasteiger partial charge is 0.0928 e. The molecular formula is C10H18N2. The van der Waals surface area contributed by atoms with Gasteiger partial charge in [0.1, 0.15) is 0 Å². The molecule has 0 radical (unpaired) electrons. The lowest BCUT2D eigenvalue weighted by atomic mass is 9.85. The van der Waals surface area contributed by atoms with Gasteiger partial charge in [0.15, 0.2) is 0 Å². The molecule has 0 aromatic rings. The zero-order valence-electron chi connectivity index (χ0n) is 7.84. The van der Waals surface area contributed by atoms with Crippen molar-refractivity contribution in [1.82, 2.24) is 4.90 Å². The van der Waals surface area contributed by atoms with Gasteiger partial charge in [0.05, 0.1) is 5.84 Å². The summed E-state index contributed by atoms with van der Waals surface area (Å²) in [5.41, 5.74) is 0. The minimum Gasteiger partial charge on any atom is -0.358 e. The first-order valence-corrected chi connectivity index (χ1v) is 5.11. The predicted octanol–water partition coefficient (Wildman–Crippen LogP) is 2.25. The van der Waals surface area contributed by atoms with Gasteiger partial charge in [-0.3, -0.25) is 5.41 Å². The van der Waals surface area contributed by atoms with Crippen molar-refractivity contribution in [2.45, 2.75) is 45.1 Å². The van der Waals surface area contributed by atoms with Gasteiger partial charge in [-0.05, 0) is 32.1 Å². The van der Waals surface area contributed by atoms with Crippen LogP contribution in [0, 0.1) is 11.3 Å². The van der Waals surface area contributed by atoms with Crippen LogP contribution < -0.4 is 0 Å². The van der Waals surface area contributed by atoms with Crippen LogP contribution in [-0.4, -0.2) is 23.3 Å². The molecule has 0 aromatic carbocycles. The third-order valence-electron chi connectivity index (χ3n) is 3.44. The van der Waals surface area contributed by atoms with E-state index in [9.17, 15) is 0 Å². The zero-order valence-corrected chi connectivity index (χ0v) is 7.84. The van der Waals surface area contributed by atoms with E-state index in [4.69, 9.17) is 5.41 Å². The van der Waals surface area contributed by atoms with Crippen LogP contribution in [0.15, 0.2) is 0 Å². The fraction of sp³-hybridized carbons (Fsp3) is 0.900. The molecule has 2 aliphatic rings. The lowest BCUT2D eigenvalue weighted by Gasteiger charge is -2.32. The summed E-state index contributed by atoms with van der Waals surface area (Å²) in [6, 6.07) is 0.733. The van der Waals surface area contributed by atoms with Gasteiger partial charge < -0.3 is 4.90 Å². The van der Waals surface area contributed by atoms with Gasteiger partial charge in [0.2, 0.25) is 0 Å². The Balaban J connectivity index is 2.05. The largest absolute Gasteiger partial charge is 0.358 e. The first kappa shape index (κ1) is 8.09. The standard InChI is InChI=1S/C10H18N2/c1-8(11)12-7-6-9-4-2-3-5-10(9)12/h9-11H,2-7H2,1H3/t9-,10-/m0/s1. The summed E-state index contributed by atoms with van der Waals surface area (Å²) in [6.07, 6.45) is 6.88. The van der Waals surface area contributed by atoms with Crippen LogP contribution in [0.25, 0.3) is 0 Å². The normalized spacial score (nSPS) is 34.9. The average Bonchev–Trinajstić information content (AvgIpc) is 2.47. The first-order chi connectivity index (χ1) is 5.79. The molecule has 68 valence electrons. The Morgan fingerprint density at radius 2 is 2.00 bits per heavy atom. The van der Waals surface area contributed by atoms with E-state index in [-0.39, 0.29) is 0 Å². The molecule has 2 heteroatoms. The molecule has 1 N–H and O–H groups in total. The SMILES string of the molecule is CC(=N)N1CC[C@@H]2CCCC[C@@H]21. The number of likely N-dealkylation sites (tertiary alicyclic amines) is 1. The highest BCUT2D eigenvalue weighted by Crippen LogP contribution is 2.35. The Labute approximate surface area is 74.5 Å². The molecule has 0 unspecified atom stereocenters. The molecule has 1 saturated heterocycles. The molecule has 1 heterocycles. The molecule has 12 heavy (non-hydrogen) atoms. The summed E-state index contributed by atoms with van der Waals surface area (Å²) in [4.78, 5) is 2.31. The first-order valence-electron chi connectivity index (χ1n) is 5.11. The average molecular weight is 166 g/mol. The van der Waals surface area contributed by atoms with Crippen molar-refractivity contribution in [3.63, 3.8) is 0 Å². The van der Waals surface area contributed by atoms with E-state index in [1.165, 1.54) is 32.1 Å². The van der Waals surface area contributed by atoms with E-state index in [0.717, 1.165) is 24.3 Å². The summed E-state index contributed by atoms with van der Waals surface area (Å²) < 4.78 is 0. The van der Waals surface area contributed by atoms with E-state index < -0.39 is 0 Å². The lowest BCUT2D eigenvalue weighted by Crippen LogP contribution is -2.37. The summed E-state index contributed by atoms with van der Waals surface area (Å²) in [5, 5.41) is 7.64. The van der Waals surface area contributed by atoms with Gasteiger partial charge >= 0.3 is 0 Å². The second kappa shape index (κ2) is 3.08. The highest BCUT2D eigenvalue weighted by atomic mass is 15.2. The monoisotopic (exact) mass is 166 g/mol. The number of fused-ring (bicyclic) bond motifs is 1. The van der Waals surface area contributed by atoms with Crippen molar-refractivity contribution in [3.05, 3.63) is 0 Å². The number of rotatable bonds is 0. The van der Waals surface area contributed by atoms with Gasteiger partial charge in [0, 0.05) is 12.6 Å². The van der Waals surface area contributed by atoms with Crippen molar-refractivity contribution >= 4 is 5.84 Å². The maximum absolute atomic E-state index is 7.64. The van der Waals surface area contributed by atoms with E-state index in [1.54, 1.807) is 0 Å². The van der Waals surface area contributed by atoms with Crippen LogP contribution >= 0.6 is 0 Å². The predicted molar refractivity (Wildman–Crippen MR) is 50.5 cm³/mol. The Kier molecular flexibility index (Phi) is 2.07. The van der Waals surface area contributed by atoms with Crippen LogP contribution in [0.1, 0.15) is 39.0 Å². The molecule has 0 aromatic heterocycles. The quantitative estimate of drug-likeness (QED) is 0.433. The van der Waals surface area contributed by atoms with E-state index in [1.807, 2.05) is 6.92 Å². The van der Waals surface area contributed by atoms with Gasteiger partial charge in [-0.15, -0.1) is 0 Å². The second-order valence-corrected chi connectivity index (χ2v) is 4.18. The van der Waals surface area contributed by atoms with Crippen molar-refractivity contribution in [2.75, 3.05) is 6.54 Å². The Morgan fingerprint density at radius 3 is 2.75 bits per heavy atom. The zero-order chi connectivity index (χ0) is 8.55. The van der Waals surface area contributed by atoms with Crippen LogP contribution in [0.2, 0.25) is 0 Å². The van der Waals surface area contributed by atoms with Crippen LogP contribution in [0.4, 0.5) is 0 Å². The maximum atomic E-state index is 7.64. The highest BCUT2D eigenvalue weighted by Gasteiger charge is 2.35. The van der Waals surface area contributed by atoms with Gasteiger partial charge in [0.25, 0.3) is 0 Å². The molecule has 2 atom stereocenters. The molecule has 1 aliphatic heterocycles. The summed E-state index contributed by atoms with van der Waals surface area (Å²) in [6.45, 7) is 3.07. The number of hydrogen-bond acceptors (Lipinski definition) is 1. The van der Waals surface area contributed by atoms with Crippen molar-refractivity contribution in [1.29, 1.82) is 5.41 Å². The molecule has 2 nitrogen and oxygen atoms in total. The van der Waals surface area contributed by atoms with Crippen molar-refractivity contribution < 1.29 is 0 Å². The Hall–Kier alpha value is -0.530. The van der Waals surface area contributed by atoms with Gasteiger partial charge in [-0.1, -0.05) is 12.8 Å². The molecule has 1 aliphatic carbocycles. The minimum absolute atomic E-state index is 0.733. The van der Waals surface area contributed by atoms with Gasteiger partial charge in [-0.25, -0.2) is 0 Å². The maximum Gasteiger partial charge on any atom is 0.0928 e. The lowest BCUT2D eigenvalue weighted by molar-refractivity contribution is 0.252. The van der Waals surface area contributed by atoms with Crippen molar-refractivity contribution in [3.8, 4) is 0 Å². The third-order valence-corrected chi connectivity index (χ3v) is 3.44. The number of nitrogens with one attached hydrogen (secondary N) is 1. The van der Waals surface area contributed by atoms with Crippen LogP contribution in [-0.2, 0) is 0 Å². The topological polar surface area (TPSA) is 27.1 Å². The number of amidine groups is 1. The molecule has 0 spiro atoms. The van der Waals surface area contributed by atoms with E-state index in [2.05, 4.69) is 4.90 Å². The Morgan fingerprint density at radius 1 is 1.25 bits per heavy atom. The molecule has 0 amide bonds. The van der Waals surface area contributed by atoms with E-state index >= 15 is 0 Å².